The molecule has 0 radical (unpaired) electrons. The summed E-state index contributed by atoms with van der Waals surface area (Å²) in [4.78, 5) is 4.56. The van der Waals surface area contributed by atoms with Gasteiger partial charge in [-0.2, -0.15) is 5.26 Å². The average Bonchev–Trinajstić information content (AvgIpc) is 2.90. The van der Waals surface area contributed by atoms with Crippen LogP contribution in [0.1, 0.15) is 11.3 Å². The minimum absolute atomic E-state index is 0.608. The van der Waals surface area contributed by atoms with Crippen molar-refractivity contribution in [2.75, 3.05) is 5.01 Å². The van der Waals surface area contributed by atoms with E-state index < -0.39 is 0 Å². The molecule has 0 aliphatic rings. The third kappa shape index (κ3) is 2.61. The number of benzene rings is 1. The van der Waals surface area contributed by atoms with Crippen molar-refractivity contribution in [3.8, 4) is 11.8 Å². The topological polar surface area (TPSA) is 96.9 Å². The molecule has 1 aromatic carbocycles. The second-order valence-corrected chi connectivity index (χ2v) is 5.10. The van der Waals surface area contributed by atoms with E-state index in [0.717, 1.165) is 22.4 Å². The molecule has 0 fully saturated rings. The molecule has 0 saturated carbocycles. The van der Waals surface area contributed by atoms with Crippen molar-refractivity contribution in [2.24, 2.45) is 11.6 Å². The number of hydrogen-bond donors (Lipinski definition) is 2. The number of hydrogen-bond acceptors (Lipinski definition) is 5. The first-order valence-electron chi connectivity index (χ1n) is 7.06. The molecule has 0 atom stereocenters. The lowest BCUT2D eigenvalue weighted by atomic mass is 10.2. The van der Waals surface area contributed by atoms with E-state index in [2.05, 4.69) is 15.6 Å². The van der Waals surface area contributed by atoms with Crippen LogP contribution >= 0.6 is 0 Å². The monoisotopic (exact) mass is 304 g/mol. The summed E-state index contributed by atoms with van der Waals surface area (Å²) in [5.41, 5.74) is 9.83. The Morgan fingerprint density at radius 1 is 1.22 bits per heavy atom. The van der Waals surface area contributed by atoms with Crippen LogP contribution in [0.2, 0.25) is 0 Å². The molecule has 0 aliphatic heterocycles. The second-order valence-electron chi connectivity index (χ2n) is 5.10. The fourth-order valence-corrected chi connectivity index (χ4v) is 2.55. The molecule has 0 aliphatic carbocycles. The van der Waals surface area contributed by atoms with E-state index >= 15 is 0 Å². The highest BCUT2D eigenvalue weighted by molar-refractivity contribution is 5.81. The number of rotatable bonds is 3. The number of nitrogens with zero attached hydrogens (tertiary/aromatic N) is 4. The van der Waals surface area contributed by atoms with Gasteiger partial charge in [-0.1, -0.05) is 0 Å². The van der Waals surface area contributed by atoms with Gasteiger partial charge < -0.3 is 10.3 Å². The smallest absolute Gasteiger partial charge is 0.147 e. The van der Waals surface area contributed by atoms with Crippen molar-refractivity contribution in [1.29, 1.82) is 5.26 Å². The number of fused-ring (bicyclic) bond motifs is 1. The molecule has 0 spiro atoms. The summed E-state index contributed by atoms with van der Waals surface area (Å²) in [6.45, 7) is 2.01. The molecule has 4 N–H and O–H groups in total. The summed E-state index contributed by atoms with van der Waals surface area (Å²) in [5, 5.41) is 10.3. The maximum absolute atomic E-state index is 8.91. The van der Waals surface area contributed by atoms with Crippen molar-refractivity contribution in [1.82, 2.24) is 9.55 Å². The molecule has 6 nitrogen and oxygen atoms in total. The van der Waals surface area contributed by atoms with Crippen LogP contribution in [0.25, 0.3) is 16.7 Å². The Balaban J connectivity index is 2.11. The van der Waals surface area contributed by atoms with Gasteiger partial charge in [-0.05, 0) is 49.4 Å². The molecule has 2 heterocycles. The number of pyridine rings is 1. The van der Waals surface area contributed by atoms with Crippen LogP contribution in [0, 0.1) is 18.3 Å². The zero-order chi connectivity index (χ0) is 16.4. The van der Waals surface area contributed by atoms with Gasteiger partial charge >= 0.3 is 0 Å². The fraction of sp³-hybridized carbons (Fsp3) is 0.0588. The number of hydrazine groups is 1. The third-order valence-corrected chi connectivity index (χ3v) is 3.59. The molecule has 114 valence electrons. The molecule has 0 saturated heterocycles. The highest BCUT2D eigenvalue weighted by Gasteiger charge is 2.10. The highest BCUT2D eigenvalue weighted by atomic mass is 15.4. The maximum Gasteiger partial charge on any atom is 0.147 e. The van der Waals surface area contributed by atoms with E-state index in [1.807, 2.05) is 37.3 Å². The standard InChI is InChI=1S/C17H16N6/c1-12-10-15-16(6-7-17(21-15)22(20)9-8-18)23(12)14-4-2-13(11-19)3-5-14/h2-10H,18,20H2,1H3/b9-8-. The van der Waals surface area contributed by atoms with Gasteiger partial charge in [0.05, 0.1) is 22.7 Å². The van der Waals surface area contributed by atoms with Crippen LogP contribution in [-0.2, 0) is 0 Å². The second kappa shape index (κ2) is 5.83. The van der Waals surface area contributed by atoms with Crippen molar-refractivity contribution in [2.45, 2.75) is 6.92 Å². The van der Waals surface area contributed by atoms with Crippen LogP contribution in [0.15, 0.2) is 54.9 Å². The van der Waals surface area contributed by atoms with Gasteiger partial charge in [0.25, 0.3) is 0 Å². The Kier molecular flexibility index (Phi) is 3.71. The Bertz CT molecular complexity index is 915. The molecule has 3 rings (SSSR count). The van der Waals surface area contributed by atoms with Crippen LogP contribution in [0.5, 0.6) is 0 Å². The average molecular weight is 304 g/mol. The lowest BCUT2D eigenvalue weighted by Gasteiger charge is -2.12. The van der Waals surface area contributed by atoms with Crippen LogP contribution in [0.4, 0.5) is 5.82 Å². The van der Waals surface area contributed by atoms with Crippen LogP contribution < -0.4 is 16.6 Å². The molecular weight excluding hydrogens is 288 g/mol. The minimum Gasteiger partial charge on any atom is -0.403 e. The summed E-state index contributed by atoms with van der Waals surface area (Å²) < 4.78 is 2.09. The van der Waals surface area contributed by atoms with Gasteiger partial charge in [0, 0.05) is 23.8 Å². The lowest BCUT2D eigenvalue weighted by Crippen LogP contribution is -2.25. The number of nitriles is 1. The van der Waals surface area contributed by atoms with E-state index in [1.54, 1.807) is 18.3 Å². The van der Waals surface area contributed by atoms with E-state index in [9.17, 15) is 0 Å². The predicted molar refractivity (Wildman–Crippen MR) is 90.5 cm³/mol. The first-order chi connectivity index (χ1) is 11.1. The molecule has 0 unspecified atom stereocenters. The molecule has 2 aromatic heterocycles. The van der Waals surface area contributed by atoms with Crippen LogP contribution in [-0.4, -0.2) is 9.55 Å². The molecule has 0 bridgehead atoms. The third-order valence-electron chi connectivity index (χ3n) is 3.59. The van der Waals surface area contributed by atoms with Gasteiger partial charge in [0.1, 0.15) is 5.82 Å². The molecule has 3 aromatic rings. The maximum atomic E-state index is 8.91. The number of aromatic nitrogens is 2. The Morgan fingerprint density at radius 2 is 1.96 bits per heavy atom. The predicted octanol–water partition coefficient (Wildman–Crippen LogP) is 2.32. The summed E-state index contributed by atoms with van der Waals surface area (Å²) in [6.07, 6.45) is 2.90. The summed E-state index contributed by atoms with van der Waals surface area (Å²) >= 11 is 0. The SMILES string of the molecule is Cc1cc2nc(N(N)/C=C\N)ccc2n1-c1ccc(C#N)cc1. The quantitative estimate of drug-likeness (QED) is 0.571. The number of aryl methyl sites for hydroxylation is 1. The summed E-state index contributed by atoms with van der Waals surface area (Å²) in [6, 6.07) is 15.4. The normalized spacial score (nSPS) is 11.0. The first kappa shape index (κ1) is 14.6. The summed E-state index contributed by atoms with van der Waals surface area (Å²) in [5.74, 6) is 6.46. The fourth-order valence-electron chi connectivity index (χ4n) is 2.55. The van der Waals surface area contributed by atoms with Gasteiger partial charge in [-0.3, -0.25) is 5.01 Å². The van der Waals surface area contributed by atoms with E-state index in [-0.39, 0.29) is 0 Å². The largest absolute Gasteiger partial charge is 0.403 e. The minimum atomic E-state index is 0.608. The molecule has 6 heteroatoms. The van der Waals surface area contributed by atoms with Gasteiger partial charge in [-0.15, -0.1) is 0 Å². The highest BCUT2D eigenvalue weighted by Crippen LogP contribution is 2.25. The lowest BCUT2D eigenvalue weighted by molar-refractivity contribution is 1.03. The van der Waals surface area contributed by atoms with Gasteiger partial charge in [-0.25, -0.2) is 10.8 Å². The number of nitrogens with two attached hydrogens (primary N) is 2. The van der Waals surface area contributed by atoms with Crippen molar-refractivity contribution < 1.29 is 0 Å². The van der Waals surface area contributed by atoms with Crippen molar-refractivity contribution in [3.05, 3.63) is 66.1 Å². The van der Waals surface area contributed by atoms with E-state index in [4.69, 9.17) is 16.8 Å². The summed E-state index contributed by atoms with van der Waals surface area (Å²) in [7, 11) is 0. The van der Waals surface area contributed by atoms with E-state index in [0.29, 0.717) is 11.4 Å². The Morgan fingerprint density at radius 3 is 2.61 bits per heavy atom. The van der Waals surface area contributed by atoms with Gasteiger partial charge in [0.15, 0.2) is 0 Å². The Labute approximate surface area is 133 Å². The van der Waals surface area contributed by atoms with Crippen molar-refractivity contribution >= 4 is 16.9 Å². The molecule has 0 amide bonds. The van der Waals surface area contributed by atoms with Crippen molar-refractivity contribution in [3.63, 3.8) is 0 Å². The zero-order valence-corrected chi connectivity index (χ0v) is 12.6. The molecule has 23 heavy (non-hydrogen) atoms. The van der Waals surface area contributed by atoms with E-state index in [1.165, 1.54) is 11.2 Å². The molecular formula is C17H16N6. The van der Waals surface area contributed by atoms with Gasteiger partial charge in [0.2, 0.25) is 0 Å². The zero-order valence-electron chi connectivity index (χ0n) is 12.6. The number of anilines is 1. The van der Waals surface area contributed by atoms with Crippen LogP contribution in [0.3, 0.4) is 0 Å². The Hall–Kier alpha value is -3.30. The first-order valence-corrected chi connectivity index (χ1v) is 7.06.